The number of rotatable bonds is 5. The van der Waals surface area contributed by atoms with Crippen molar-refractivity contribution in [3.05, 3.63) is 24.3 Å². The number of nitrogens with one attached hydrogen (secondary N) is 1. The van der Waals surface area contributed by atoms with Crippen molar-refractivity contribution in [1.29, 1.82) is 0 Å². The van der Waals surface area contributed by atoms with Gasteiger partial charge in [0, 0.05) is 20.1 Å². The Bertz CT molecular complexity index is 294. The third-order valence-corrected chi connectivity index (χ3v) is 2.49. The van der Waals surface area contributed by atoms with Gasteiger partial charge in [-0.1, -0.05) is 26.0 Å². The molecule has 0 unspecified atom stereocenters. The van der Waals surface area contributed by atoms with Crippen molar-refractivity contribution in [1.82, 2.24) is 0 Å². The minimum absolute atomic E-state index is 0.671. The molecule has 1 aromatic rings. The molecule has 84 valence electrons. The van der Waals surface area contributed by atoms with E-state index in [0.29, 0.717) is 5.92 Å². The topological polar surface area (TPSA) is 15.3 Å². The first kappa shape index (κ1) is 11.9. The van der Waals surface area contributed by atoms with Crippen LogP contribution in [-0.2, 0) is 0 Å². The number of hydrogen-bond donors (Lipinski definition) is 1. The highest BCUT2D eigenvalue weighted by molar-refractivity contribution is 5.69. The Kier molecular flexibility index (Phi) is 4.47. The molecule has 0 saturated heterocycles. The number of anilines is 2. The van der Waals surface area contributed by atoms with Crippen molar-refractivity contribution in [2.45, 2.75) is 20.8 Å². The molecule has 0 aliphatic heterocycles. The molecule has 0 atom stereocenters. The van der Waals surface area contributed by atoms with Gasteiger partial charge in [-0.05, 0) is 25.0 Å². The Labute approximate surface area is 93.3 Å². The zero-order valence-electron chi connectivity index (χ0n) is 10.2. The maximum absolute atomic E-state index is 3.49. The summed E-state index contributed by atoms with van der Waals surface area (Å²) in [5.74, 6) is 0.671. The van der Waals surface area contributed by atoms with Crippen LogP contribution in [0, 0.1) is 5.92 Å². The Hall–Kier alpha value is -1.18. The highest BCUT2D eigenvalue weighted by Crippen LogP contribution is 2.24. The van der Waals surface area contributed by atoms with Crippen molar-refractivity contribution < 1.29 is 0 Å². The standard InChI is InChI=1S/C13H22N2/c1-5-15(4)13-9-7-6-8-12(13)14-10-11(2)3/h6-9,11,14H,5,10H2,1-4H3. The van der Waals surface area contributed by atoms with Gasteiger partial charge in [0.15, 0.2) is 0 Å². The maximum atomic E-state index is 3.49. The average Bonchev–Trinajstić information content (AvgIpc) is 2.25. The van der Waals surface area contributed by atoms with Crippen LogP contribution in [-0.4, -0.2) is 20.1 Å². The summed E-state index contributed by atoms with van der Waals surface area (Å²) >= 11 is 0. The van der Waals surface area contributed by atoms with Crippen LogP contribution in [0.5, 0.6) is 0 Å². The number of nitrogens with zero attached hydrogens (tertiary/aromatic N) is 1. The van der Waals surface area contributed by atoms with Crippen molar-refractivity contribution in [2.24, 2.45) is 5.92 Å². The second-order valence-corrected chi connectivity index (χ2v) is 4.31. The van der Waals surface area contributed by atoms with Gasteiger partial charge in [0.1, 0.15) is 0 Å². The number of para-hydroxylation sites is 2. The van der Waals surface area contributed by atoms with Crippen LogP contribution in [0.25, 0.3) is 0 Å². The summed E-state index contributed by atoms with van der Waals surface area (Å²) in [7, 11) is 2.12. The molecule has 0 fully saturated rings. The second kappa shape index (κ2) is 5.64. The summed E-state index contributed by atoms with van der Waals surface area (Å²) in [6.45, 7) is 8.66. The Morgan fingerprint density at radius 1 is 1.27 bits per heavy atom. The molecule has 0 spiro atoms. The maximum Gasteiger partial charge on any atom is 0.0599 e. The average molecular weight is 206 g/mol. The van der Waals surface area contributed by atoms with Gasteiger partial charge >= 0.3 is 0 Å². The third-order valence-electron chi connectivity index (χ3n) is 2.49. The van der Waals surface area contributed by atoms with Crippen LogP contribution < -0.4 is 10.2 Å². The molecule has 15 heavy (non-hydrogen) atoms. The molecule has 0 aliphatic rings. The van der Waals surface area contributed by atoms with E-state index in [1.165, 1.54) is 11.4 Å². The number of benzene rings is 1. The molecule has 0 amide bonds. The molecule has 0 radical (unpaired) electrons. The summed E-state index contributed by atoms with van der Waals surface area (Å²) < 4.78 is 0. The van der Waals surface area contributed by atoms with Crippen molar-refractivity contribution in [3.8, 4) is 0 Å². The van der Waals surface area contributed by atoms with Crippen LogP contribution in [0.15, 0.2) is 24.3 Å². The first-order valence-electron chi connectivity index (χ1n) is 5.69. The lowest BCUT2D eigenvalue weighted by Crippen LogP contribution is -2.18. The van der Waals surface area contributed by atoms with Gasteiger partial charge in [-0.3, -0.25) is 0 Å². The summed E-state index contributed by atoms with van der Waals surface area (Å²) in [5.41, 5.74) is 2.51. The number of hydrogen-bond acceptors (Lipinski definition) is 2. The van der Waals surface area contributed by atoms with Crippen molar-refractivity contribution >= 4 is 11.4 Å². The highest BCUT2D eigenvalue weighted by Gasteiger charge is 2.04. The molecule has 1 aromatic carbocycles. The molecule has 0 aliphatic carbocycles. The van der Waals surface area contributed by atoms with E-state index in [1.807, 2.05) is 0 Å². The van der Waals surface area contributed by atoms with Gasteiger partial charge in [0.05, 0.1) is 11.4 Å². The highest BCUT2D eigenvalue weighted by atomic mass is 15.1. The molecule has 2 nitrogen and oxygen atoms in total. The van der Waals surface area contributed by atoms with Gasteiger partial charge in [-0.2, -0.15) is 0 Å². The molecule has 1 rings (SSSR count). The van der Waals surface area contributed by atoms with Crippen LogP contribution in [0.3, 0.4) is 0 Å². The summed E-state index contributed by atoms with van der Waals surface area (Å²) in [6, 6.07) is 8.47. The Morgan fingerprint density at radius 2 is 1.93 bits per heavy atom. The Morgan fingerprint density at radius 3 is 2.53 bits per heavy atom. The van der Waals surface area contributed by atoms with Crippen LogP contribution in [0.2, 0.25) is 0 Å². The summed E-state index contributed by atoms with van der Waals surface area (Å²) in [5, 5.41) is 3.49. The first-order valence-corrected chi connectivity index (χ1v) is 5.69. The van der Waals surface area contributed by atoms with E-state index < -0.39 is 0 Å². The van der Waals surface area contributed by atoms with Crippen LogP contribution in [0.4, 0.5) is 11.4 Å². The SMILES string of the molecule is CCN(C)c1ccccc1NCC(C)C. The fourth-order valence-electron chi connectivity index (χ4n) is 1.44. The Balaban J connectivity index is 2.77. The van der Waals surface area contributed by atoms with Gasteiger partial charge < -0.3 is 10.2 Å². The van der Waals surface area contributed by atoms with E-state index in [4.69, 9.17) is 0 Å². The van der Waals surface area contributed by atoms with Crippen LogP contribution in [0.1, 0.15) is 20.8 Å². The van der Waals surface area contributed by atoms with E-state index in [9.17, 15) is 0 Å². The van der Waals surface area contributed by atoms with Gasteiger partial charge in [-0.15, -0.1) is 0 Å². The molecule has 1 N–H and O–H groups in total. The quantitative estimate of drug-likeness (QED) is 0.796. The fourth-order valence-corrected chi connectivity index (χ4v) is 1.44. The fraction of sp³-hybridized carbons (Fsp3) is 0.538. The van der Waals surface area contributed by atoms with E-state index in [1.54, 1.807) is 0 Å². The molecule has 2 heteroatoms. The lowest BCUT2D eigenvalue weighted by Gasteiger charge is -2.21. The molecular weight excluding hydrogens is 184 g/mol. The normalized spacial score (nSPS) is 10.5. The van der Waals surface area contributed by atoms with E-state index in [-0.39, 0.29) is 0 Å². The van der Waals surface area contributed by atoms with Gasteiger partial charge in [0.2, 0.25) is 0 Å². The predicted molar refractivity (Wildman–Crippen MR) is 68.7 cm³/mol. The lowest BCUT2D eigenvalue weighted by molar-refractivity contribution is 0.688. The minimum atomic E-state index is 0.671. The largest absolute Gasteiger partial charge is 0.383 e. The van der Waals surface area contributed by atoms with E-state index >= 15 is 0 Å². The molecule has 0 aromatic heterocycles. The summed E-state index contributed by atoms with van der Waals surface area (Å²) in [6.07, 6.45) is 0. The molecule has 0 saturated carbocycles. The summed E-state index contributed by atoms with van der Waals surface area (Å²) in [4.78, 5) is 2.25. The van der Waals surface area contributed by atoms with Crippen molar-refractivity contribution in [3.63, 3.8) is 0 Å². The predicted octanol–water partition coefficient (Wildman–Crippen LogP) is 3.21. The van der Waals surface area contributed by atoms with Crippen LogP contribution >= 0.6 is 0 Å². The van der Waals surface area contributed by atoms with E-state index in [0.717, 1.165) is 13.1 Å². The van der Waals surface area contributed by atoms with Crippen molar-refractivity contribution in [2.75, 3.05) is 30.4 Å². The molecular formula is C13H22N2. The van der Waals surface area contributed by atoms with Gasteiger partial charge in [-0.25, -0.2) is 0 Å². The van der Waals surface area contributed by atoms with E-state index in [2.05, 4.69) is 62.3 Å². The molecule has 0 bridgehead atoms. The molecule has 0 heterocycles. The second-order valence-electron chi connectivity index (χ2n) is 4.31. The van der Waals surface area contributed by atoms with Gasteiger partial charge in [0.25, 0.3) is 0 Å². The lowest BCUT2D eigenvalue weighted by atomic mass is 10.2. The zero-order chi connectivity index (χ0) is 11.3. The third kappa shape index (κ3) is 3.46. The zero-order valence-corrected chi connectivity index (χ0v) is 10.2. The minimum Gasteiger partial charge on any atom is -0.383 e. The first-order chi connectivity index (χ1) is 7.15. The monoisotopic (exact) mass is 206 g/mol. The smallest absolute Gasteiger partial charge is 0.0599 e.